The van der Waals surface area contributed by atoms with Crippen LogP contribution in [0.3, 0.4) is 0 Å². The third-order valence-corrected chi connectivity index (χ3v) is 2.37. The zero-order valence-corrected chi connectivity index (χ0v) is 10.1. The highest BCUT2D eigenvalue weighted by atomic mass is 16.5. The predicted molar refractivity (Wildman–Crippen MR) is 61.3 cm³/mol. The minimum absolute atomic E-state index is 0.374. The van der Waals surface area contributed by atoms with Gasteiger partial charge in [-0.15, -0.1) is 5.10 Å². The summed E-state index contributed by atoms with van der Waals surface area (Å²) in [5, 5.41) is 17.2. The lowest BCUT2D eigenvalue weighted by Crippen LogP contribution is -2.07. The van der Waals surface area contributed by atoms with Crippen molar-refractivity contribution < 1.29 is 4.74 Å². The quantitative estimate of drug-likeness (QED) is 0.762. The molecule has 0 unspecified atom stereocenters. The van der Waals surface area contributed by atoms with Crippen molar-refractivity contribution in [2.75, 3.05) is 6.61 Å². The number of nitriles is 1. The smallest absolute Gasteiger partial charge is 0.251 e. The number of ether oxygens (including phenoxy) is 1. The summed E-state index contributed by atoms with van der Waals surface area (Å²) < 4.78 is 5.42. The fraction of sp³-hybridized carbons (Fsp3) is 0.583. The molecule has 0 aliphatic rings. The SMILES string of the molecule is CCCOc1nnc(CC)c(CC)c1C#N. The largest absolute Gasteiger partial charge is 0.476 e. The van der Waals surface area contributed by atoms with Gasteiger partial charge in [0.25, 0.3) is 5.88 Å². The average Bonchev–Trinajstić information content (AvgIpc) is 2.34. The van der Waals surface area contributed by atoms with Gasteiger partial charge in [-0.05, 0) is 24.8 Å². The minimum atomic E-state index is 0.374. The first-order valence-corrected chi connectivity index (χ1v) is 5.69. The Kier molecular flexibility index (Phi) is 4.71. The molecule has 0 atom stereocenters. The molecule has 0 saturated heterocycles. The van der Waals surface area contributed by atoms with Crippen molar-refractivity contribution in [1.82, 2.24) is 10.2 Å². The van der Waals surface area contributed by atoms with Crippen molar-refractivity contribution in [2.24, 2.45) is 0 Å². The highest BCUT2D eigenvalue weighted by Gasteiger charge is 2.14. The molecule has 0 saturated carbocycles. The summed E-state index contributed by atoms with van der Waals surface area (Å²) in [6.45, 7) is 6.61. The van der Waals surface area contributed by atoms with E-state index in [-0.39, 0.29) is 0 Å². The second-order valence-electron chi connectivity index (χ2n) is 3.47. The van der Waals surface area contributed by atoms with Gasteiger partial charge in [0.15, 0.2) is 0 Å². The second kappa shape index (κ2) is 6.06. The van der Waals surface area contributed by atoms with E-state index in [2.05, 4.69) is 16.3 Å². The Hall–Kier alpha value is -1.63. The summed E-state index contributed by atoms with van der Waals surface area (Å²) in [7, 11) is 0. The first-order valence-electron chi connectivity index (χ1n) is 5.69. The topological polar surface area (TPSA) is 58.8 Å². The van der Waals surface area contributed by atoms with E-state index >= 15 is 0 Å². The van der Waals surface area contributed by atoms with E-state index < -0.39 is 0 Å². The molecule has 86 valence electrons. The third-order valence-electron chi connectivity index (χ3n) is 2.37. The molecule has 1 aromatic rings. The zero-order chi connectivity index (χ0) is 12.0. The Morgan fingerprint density at radius 2 is 1.94 bits per heavy atom. The molecule has 0 aliphatic heterocycles. The summed E-state index contributed by atoms with van der Waals surface area (Å²) in [4.78, 5) is 0. The van der Waals surface area contributed by atoms with Crippen molar-refractivity contribution in [3.05, 3.63) is 16.8 Å². The van der Waals surface area contributed by atoms with E-state index in [0.717, 1.165) is 30.5 Å². The lowest BCUT2D eigenvalue weighted by molar-refractivity contribution is 0.299. The van der Waals surface area contributed by atoms with Gasteiger partial charge in [-0.3, -0.25) is 0 Å². The van der Waals surface area contributed by atoms with E-state index in [9.17, 15) is 0 Å². The molecule has 1 rings (SSSR count). The van der Waals surface area contributed by atoms with Crippen LogP contribution < -0.4 is 4.74 Å². The lowest BCUT2D eigenvalue weighted by atomic mass is 10.0. The number of hydrogen-bond donors (Lipinski definition) is 0. The highest BCUT2D eigenvalue weighted by molar-refractivity contribution is 5.46. The van der Waals surface area contributed by atoms with Gasteiger partial charge in [-0.2, -0.15) is 10.4 Å². The monoisotopic (exact) mass is 219 g/mol. The maximum Gasteiger partial charge on any atom is 0.251 e. The van der Waals surface area contributed by atoms with Crippen LogP contribution >= 0.6 is 0 Å². The van der Waals surface area contributed by atoms with Crippen molar-refractivity contribution in [1.29, 1.82) is 5.26 Å². The first-order chi connectivity index (χ1) is 7.78. The summed E-state index contributed by atoms with van der Waals surface area (Å²) >= 11 is 0. The summed E-state index contributed by atoms with van der Waals surface area (Å²) in [6, 6.07) is 2.17. The van der Waals surface area contributed by atoms with Gasteiger partial charge < -0.3 is 4.74 Å². The van der Waals surface area contributed by atoms with E-state index in [1.807, 2.05) is 20.8 Å². The maximum atomic E-state index is 9.15. The van der Waals surface area contributed by atoms with Crippen molar-refractivity contribution in [3.63, 3.8) is 0 Å². The molecule has 4 heteroatoms. The molecule has 1 heterocycles. The van der Waals surface area contributed by atoms with Gasteiger partial charge in [0, 0.05) is 0 Å². The fourth-order valence-electron chi connectivity index (χ4n) is 1.57. The Morgan fingerprint density at radius 1 is 1.19 bits per heavy atom. The van der Waals surface area contributed by atoms with Crippen LogP contribution in [-0.4, -0.2) is 16.8 Å². The summed E-state index contributed by atoms with van der Waals surface area (Å²) in [6.07, 6.45) is 2.46. The number of aromatic nitrogens is 2. The molecule has 0 N–H and O–H groups in total. The van der Waals surface area contributed by atoms with Gasteiger partial charge in [-0.25, -0.2) is 0 Å². The van der Waals surface area contributed by atoms with Gasteiger partial charge in [-0.1, -0.05) is 20.8 Å². The molecule has 0 fully saturated rings. The normalized spacial score (nSPS) is 9.88. The Morgan fingerprint density at radius 3 is 2.44 bits per heavy atom. The van der Waals surface area contributed by atoms with E-state index in [1.165, 1.54) is 0 Å². The molecular formula is C12H17N3O. The fourth-order valence-corrected chi connectivity index (χ4v) is 1.57. The van der Waals surface area contributed by atoms with E-state index in [1.54, 1.807) is 0 Å². The zero-order valence-electron chi connectivity index (χ0n) is 10.1. The first kappa shape index (κ1) is 12.4. The summed E-state index contributed by atoms with van der Waals surface area (Å²) in [5.74, 6) is 0.374. The van der Waals surface area contributed by atoms with Gasteiger partial charge in [0.05, 0.1) is 12.3 Å². The molecule has 0 aromatic carbocycles. The molecule has 0 spiro atoms. The second-order valence-corrected chi connectivity index (χ2v) is 3.47. The van der Waals surface area contributed by atoms with Crippen LogP contribution in [0.25, 0.3) is 0 Å². The molecule has 16 heavy (non-hydrogen) atoms. The van der Waals surface area contributed by atoms with Crippen LogP contribution in [0.15, 0.2) is 0 Å². The Labute approximate surface area is 96.3 Å². The van der Waals surface area contributed by atoms with Crippen molar-refractivity contribution in [2.45, 2.75) is 40.0 Å². The minimum Gasteiger partial charge on any atom is -0.476 e. The third kappa shape index (κ3) is 2.48. The van der Waals surface area contributed by atoms with Crippen LogP contribution in [0.5, 0.6) is 5.88 Å². The standard InChI is InChI=1S/C12H17N3O/c1-4-7-16-12-10(8-13)9(5-2)11(6-3)14-15-12/h4-7H2,1-3H3. The molecule has 1 aromatic heterocycles. The lowest BCUT2D eigenvalue weighted by Gasteiger charge is -2.10. The Balaban J connectivity index is 3.16. The average molecular weight is 219 g/mol. The molecule has 0 amide bonds. The number of rotatable bonds is 5. The van der Waals surface area contributed by atoms with Crippen molar-refractivity contribution in [3.8, 4) is 11.9 Å². The van der Waals surface area contributed by atoms with Crippen molar-refractivity contribution >= 4 is 0 Å². The molecule has 0 bridgehead atoms. The van der Waals surface area contributed by atoms with Crippen LogP contribution in [0.2, 0.25) is 0 Å². The number of nitrogens with zero attached hydrogens (tertiary/aromatic N) is 3. The van der Waals surface area contributed by atoms with Gasteiger partial charge in [0.1, 0.15) is 11.6 Å². The van der Waals surface area contributed by atoms with Crippen LogP contribution in [0, 0.1) is 11.3 Å². The number of aryl methyl sites for hydroxylation is 1. The molecule has 0 radical (unpaired) electrons. The predicted octanol–water partition coefficient (Wildman–Crippen LogP) is 2.26. The summed E-state index contributed by atoms with van der Waals surface area (Å²) in [5.41, 5.74) is 2.40. The van der Waals surface area contributed by atoms with Crippen LogP contribution in [0.4, 0.5) is 0 Å². The van der Waals surface area contributed by atoms with Crippen LogP contribution in [-0.2, 0) is 12.8 Å². The molecule has 4 nitrogen and oxygen atoms in total. The van der Waals surface area contributed by atoms with E-state index in [4.69, 9.17) is 10.00 Å². The van der Waals surface area contributed by atoms with Crippen LogP contribution in [0.1, 0.15) is 44.0 Å². The maximum absolute atomic E-state index is 9.15. The van der Waals surface area contributed by atoms with Gasteiger partial charge in [0.2, 0.25) is 0 Å². The molecular weight excluding hydrogens is 202 g/mol. The van der Waals surface area contributed by atoms with Gasteiger partial charge >= 0.3 is 0 Å². The highest BCUT2D eigenvalue weighted by Crippen LogP contribution is 2.21. The number of hydrogen-bond acceptors (Lipinski definition) is 4. The molecule has 0 aliphatic carbocycles. The van der Waals surface area contributed by atoms with E-state index in [0.29, 0.717) is 18.1 Å². The Bertz CT molecular complexity index is 396.